The Hall–Kier alpha value is -0.860. The summed E-state index contributed by atoms with van der Waals surface area (Å²) in [6.45, 7) is 0. The normalized spacial score (nSPS) is 10.1. The van der Waals surface area contributed by atoms with E-state index < -0.39 is 0 Å². The summed E-state index contributed by atoms with van der Waals surface area (Å²) >= 11 is 3.76. The molecule has 0 saturated heterocycles. The van der Waals surface area contributed by atoms with E-state index in [-0.39, 0.29) is 0 Å². The summed E-state index contributed by atoms with van der Waals surface area (Å²) in [6, 6.07) is 21.0. The lowest BCUT2D eigenvalue weighted by Crippen LogP contribution is -1.74. The first-order valence-corrected chi connectivity index (χ1v) is 6.78. The fraction of sp³-hybridized carbons (Fsp3) is 0.0769. The summed E-state index contributed by atoms with van der Waals surface area (Å²) in [5.74, 6) is 0. The van der Waals surface area contributed by atoms with Gasteiger partial charge in [-0.3, -0.25) is 0 Å². The van der Waals surface area contributed by atoms with Gasteiger partial charge in [-0.2, -0.15) is 0 Å². The summed E-state index contributed by atoms with van der Waals surface area (Å²) in [4.78, 5) is 2.67. The SMILES string of the molecule is c1ccc(SCSc2ccccc2)cc1. The fourth-order valence-corrected chi connectivity index (χ4v) is 3.22. The van der Waals surface area contributed by atoms with Gasteiger partial charge in [-0.15, -0.1) is 23.5 Å². The minimum atomic E-state index is 1.06. The number of rotatable bonds is 4. The van der Waals surface area contributed by atoms with Crippen LogP contribution in [-0.2, 0) is 0 Å². The molecule has 0 amide bonds. The molecular formula is C13H12S2. The highest BCUT2D eigenvalue weighted by Crippen LogP contribution is 2.26. The second-order valence-electron chi connectivity index (χ2n) is 3.03. The number of hydrogen-bond acceptors (Lipinski definition) is 2. The zero-order valence-corrected chi connectivity index (χ0v) is 9.93. The van der Waals surface area contributed by atoms with Crippen LogP contribution in [0.15, 0.2) is 70.5 Å². The average Bonchev–Trinajstić information content (AvgIpc) is 2.32. The van der Waals surface area contributed by atoms with Crippen molar-refractivity contribution < 1.29 is 0 Å². The average molecular weight is 232 g/mol. The van der Waals surface area contributed by atoms with Gasteiger partial charge in [-0.25, -0.2) is 0 Å². The van der Waals surface area contributed by atoms with Gasteiger partial charge in [-0.05, 0) is 24.3 Å². The van der Waals surface area contributed by atoms with E-state index in [0.29, 0.717) is 0 Å². The van der Waals surface area contributed by atoms with Crippen LogP contribution in [-0.4, -0.2) is 5.08 Å². The number of thioether (sulfide) groups is 2. The van der Waals surface area contributed by atoms with Crippen LogP contribution in [0.5, 0.6) is 0 Å². The first-order chi connectivity index (χ1) is 7.45. The first-order valence-electron chi connectivity index (χ1n) is 4.81. The highest BCUT2D eigenvalue weighted by Gasteiger charge is 1.94. The molecule has 0 fully saturated rings. The van der Waals surface area contributed by atoms with Crippen LogP contribution in [0.25, 0.3) is 0 Å². The summed E-state index contributed by atoms with van der Waals surface area (Å²) < 4.78 is 0. The van der Waals surface area contributed by atoms with Crippen molar-refractivity contribution in [1.29, 1.82) is 0 Å². The van der Waals surface area contributed by atoms with Gasteiger partial charge >= 0.3 is 0 Å². The van der Waals surface area contributed by atoms with Crippen molar-refractivity contribution in [2.75, 3.05) is 5.08 Å². The van der Waals surface area contributed by atoms with Gasteiger partial charge in [0.1, 0.15) is 0 Å². The lowest BCUT2D eigenvalue weighted by atomic mass is 10.4. The molecule has 0 spiro atoms. The Balaban J connectivity index is 1.81. The van der Waals surface area contributed by atoms with E-state index in [1.807, 2.05) is 35.7 Å². The molecule has 0 aliphatic rings. The molecule has 0 aliphatic heterocycles. The van der Waals surface area contributed by atoms with Crippen molar-refractivity contribution in [3.63, 3.8) is 0 Å². The van der Waals surface area contributed by atoms with Crippen LogP contribution in [0.3, 0.4) is 0 Å². The molecule has 2 aromatic carbocycles. The molecule has 0 heterocycles. The quantitative estimate of drug-likeness (QED) is 0.561. The molecule has 15 heavy (non-hydrogen) atoms. The zero-order valence-electron chi connectivity index (χ0n) is 8.30. The van der Waals surface area contributed by atoms with Gasteiger partial charge < -0.3 is 0 Å². The van der Waals surface area contributed by atoms with Gasteiger partial charge in [0, 0.05) is 14.9 Å². The summed E-state index contributed by atoms with van der Waals surface area (Å²) in [5, 5.41) is 1.06. The number of benzene rings is 2. The molecule has 0 aromatic heterocycles. The van der Waals surface area contributed by atoms with E-state index in [9.17, 15) is 0 Å². The molecule has 0 nitrogen and oxygen atoms in total. The highest BCUT2D eigenvalue weighted by molar-refractivity contribution is 8.16. The first kappa shape index (κ1) is 10.7. The maximum atomic E-state index is 2.15. The Kier molecular flexibility index (Phi) is 4.18. The Labute approximate surface area is 99.1 Å². The molecule has 0 saturated carbocycles. The van der Waals surface area contributed by atoms with Crippen molar-refractivity contribution in [3.8, 4) is 0 Å². The van der Waals surface area contributed by atoms with Crippen molar-refractivity contribution in [2.24, 2.45) is 0 Å². The van der Waals surface area contributed by atoms with Gasteiger partial charge in [0.25, 0.3) is 0 Å². The van der Waals surface area contributed by atoms with Crippen LogP contribution < -0.4 is 0 Å². The van der Waals surface area contributed by atoms with Crippen LogP contribution >= 0.6 is 23.5 Å². The molecule has 0 bridgehead atoms. The largest absolute Gasteiger partial charge is 0.115 e. The Morgan fingerprint density at radius 1 is 0.600 bits per heavy atom. The molecular weight excluding hydrogens is 220 g/mol. The topological polar surface area (TPSA) is 0 Å². The lowest BCUT2D eigenvalue weighted by molar-refractivity contribution is 1.46. The summed E-state index contributed by atoms with van der Waals surface area (Å²) in [6.07, 6.45) is 0. The van der Waals surface area contributed by atoms with Gasteiger partial charge in [-0.1, -0.05) is 36.4 Å². The molecule has 0 radical (unpaired) electrons. The van der Waals surface area contributed by atoms with E-state index in [0.717, 1.165) is 5.08 Å². The molecule has 0 aliphatic carbocycles. The van der Waals surface area contributed by atoms with E-state index in [1.54, 1.807) is 0 Å². The summed E-state index contributed by atoms with van der Waals surface area (Å²) in [5.41, 5.74) is 0. The molecule has 0 atom stereocenters. The van der Waals surface area contributed by atoms with E-state index in [4.69, 9.17) is 0 Å². The molecule has 2 aromatic rings. The Bertz CT molecular complexity index is 344. The zero-order chi connectivity index (χ0) is 10.3. The van der Waals surface area contributed by atoms with Gasteiger partial charge in [0.15, 0.2) is 0 Å². The third-order valence-corrected chi connectivity index (χ3v) is 4.09. The highest BCUT2D eigenvalue weighted by atomic mass is 32.2. The predicted octanol–water partition coefficient (Wildman–Crippen LogP) is 4.53. The third-order valence-electron chi connectivity index (χ3n) is 1.94. The molecule has 0 N–H and O–H groups in total. The lowest BCUT2D eigenvalue weighted by Gasteiger charge is -2.01. The molecule has 0 unspecified atom stereocenters. The van der Waals surface area contributed by atoms with E-state index in [1.165, 1.54) is 9.79 Å². The molecule has 2 heteroatoms. The maximum absolute atomic E-state index is 2.15. The van der Waals surface area contributed by atoms with Crippen molar-refractivity contribution >= 4 is 23.5 Å². The molecule has 76 valence electrons. The predicted molar refractivity (Wildman–Crippen MR) is 69.5 cm³/mol. The second-order valence-corrected chi connectivity index (χ2v) is 5.50. The van der Waals surface area contributed by atoms with Crippen LogP contribution in [0.4, 0.5) is 0 Å². The standard InChI is InChI=1S/C13H12S2/c1-3-7-12(8-4-1)14-11-15-13-9-5-2-6-10-13/h1-10H,11H2. The number of hydrogen-bond donors (Lipinski definition) is 0. The van der Waals surface area contributed by atoms with Crippen molar-refractivity contribution in [1.82, 2.24) is 0 Å². The minimum Gasteiger partial charge on any atom is -0.115 e. The minimum absolute atomic E-state index is 1.06. The smallest absolute Gasteiger partial charge is 0.0486 e. The summed E-state index contributed by atoms with van der Waals surface area (Å²) in [7, 11) is 0. The van der Waals surface area contributed by atoms with Gasteiger partial charge in [0.2, 0.25) is 0 Å². The van der Waals surface area contributed by atoms with E-state index in [2.05, 4.69) is 48.5 Å². The Morgan fingerprint density at radius 3 is 1.40 bits per heavy atom. The van der Waals surface area contributed by atoms with Crippen molar-refractivity contribution in [3.05, 3.63) is 60.7 Å². The fourth-order valence-electron chi connectivity index (χ4n) is 1.20. The second kappa shape index (κ2) is 5.89. The van der Waals surface area contributed by atoms with Crippen LogP contribution in [0, 0.1) is 0 Å². The monoisotopic (exact) mass is 232 g/mol. The Morgan fingerprint density at radius 2 is 1.00 bits per heavy atom. The van der Waals surface area contributed by atoms with Crippen molar-refractivity contribution in [2.45, 2.75) is 9.79 Å². The van der Waals surface area contributed by atoms with Crippen LogP contribution in [0.1, 0.15) is 0 Å². The third kappa shape index (κ3) is 3.65. The van der Waals surface area contributed by atoms with Crippen LogP contribution in [0.2, 0.25) is 0 Å². The van der Waals surface area contributed by atoms with Gasteiger partial charge in [0.05, 0.1) is 0 Å². The maximum Gasteiger partial charge on any atom is 0.0486 e. The molecule has 2 rings (SSSR count). The van der Waals surface area contributed by atoms with E-state index >= 15 is 0 Å².